The maximum Gasteiger partial charge on any atom is 0.159 e. The topological polar surface area (TPSA) is 69.6 Å². The lowest BCUT2D eigenvalue weighted by Gasteiger charge is -2.16. The quantitative estimate of drug-likeness (QED) is 0.852. The molecule has 2 aromatic rings. The first-order valence-electron chi connectivity index (χ1n) is 5.63. The van der Waals surface area contributed by atoms with Gasteiger partial charge in [0.05, 0.1) is 5.92 Å². The molecule has 0 fully saturated rings. The molecular formula is C12H17N5. The van der Waals surface area contributed by atoms with E-state index in [-0.39, 0.29) is 5.92 Å². The summed E-state index contributed by atoms with van der Waals surface area (Å²) in [5.74, 6) is 0.857. The molecule has 5 heteroatoms. The van der Waals surface area contributed by atoms with Gasteiger partial charge in [-0.2, -0.15) is 0 Å². The highest BCUT2D eigenvalue weighted by Crippen LogP contribution is 2.25. The van der Waals surface area contributed by atoms with Crippen molar-refractivity contribution in [2.75, 3.05) is 6.54 Å². The number of nitrogens with zero attached hydrogens (tertiary/aromatic N) is 4. The molecule has 2 rings (SSSR count). The molecule has 5 nitrogen and oxygen atoms in total. The Kier molecular flexibility index (Phi) is 3.19. The van der Waals surface area contributed by atoms with E-state index in [0.29, 0.717) is 6.54 Å². The molecule has 0 saturated heterocycles. The average molecular weight is 231 g/mol. The van der Waals surface area contributed by atoms with Gasteiger partial charge in [0.15, 0.2) is 5.82 Å². The summed E-state index contributed by atoms with van der Waals surface area (Å²) < 4.78 is 1.68. The summed E-state index contributed by atoms with van der Waals surface area (Å²) >= 11 is 0. The first kappa shape index (κ1) is 11.7. The van der Waals surface area contributed by atoms with Crippen molar-refractivity contribution in [3.63, 3.8) is 0 Å². The summed E-state index contributed by atoms with van der Waals surface area (Å²) in [5.41, 5.74) is 9.51. The minimum Gasteiger partial charge on any atom is -0.329 e. The predicted octanol–water partition coefficient (Wildman–Crippen LogP) is 0.918. The van der Waals surface area contributed by atoms with E-state index in [9.17, 15) is 0 Å². The van der Waals surface area contributed by atoms with Crippen LogP contribution in [0.2, 0.25) is 0 Å². The highest BCUT2D eigenvalue weighted by molar-refractivity contribution is 5.36. The molecule has 0 aliphatic heterocycles. The van der Waals surface area contributed by atoms with Gasteiger partial charge in [-0.3, -0.25) is 0 Å². The Hall–Kier alpha value is -1.75. The van der Waals surface area contributed by atoms with Crippen molar-refractivity contribution in [3.05, 3.63) is 40.7 Å². The summed E-state index contributed by atoms with van der Waals surface area (Å²) in [7, 11) is 1.84. The smallest absolute Gasteiger partial charge is 0.159 e. The van der Waals surface area contributed by atoms with Gasteiger partial charge in [-0.25, -0.2) is 4.68 Å². The van der Waals surface area contributed by atoms with E-state index in [1.165, 1.54) is 16.7 Å². The molecule has 0 aliphatic rings. The maximum absolute atomic E-state index is 5.87. The number of tetrazole rings is 1. The first-order valence-corrected chi connectivity index (χ1v) is 5.63. The number of aromatic nitrogens is 4. The van der Waals surface area contributed by atoms with Crippen LogP contribution in [0, 0.1) is 13.8 Å². The van der Waals surface area contributed by atoms with Crippen LogP contribution in [0.25, 0.3) is 0 Å². The Morgan fingerprint density at radius 1 is 1.35 bits per heavy atom. The van der Waals surface area contributed by atoms with Crippen LogP contribution < -0.4 is 5.73 Å². The zero-order valence-corrected chi connectivity index (χ0v) is 10.4. The Morgan fingerprint density at radius 3 is 2.71 bits per heavy atom. The summed E-state index contributed by atoms with van der Waals surface area (Å²) in [6.45, 7) is 4.66. The molecule has 90 valence electrons. The number of hydrogen-bond acceptors (Lipinski definition) is 4. The van der Waals surface area contributed by atoms with Gasteiger partial charge in [0.2, 0.25) is 0 Å². The van der Waals surface area contributed by atoms with Crippen LogP contribution in [-0.2, 0) is 7.05 Å². The highest BCUT2D eigenvalue weighted by Gasteiger charge is 2.20. The molecule has 0 spiro atoms. The third-order valence-electron chi connectivity index (χ3n) is 3.01. The minimum absolute atomic E-state index is 0.0508. The molecule has 0 radical (unpaired) electrons. The molecule has 1 atom stereocenters. The fourth-order valence-electron chi connectivity index (χ4n) is 2.04. The minimum atomic E-state index is 0.0508. The van der Waals surface area contributed by atoms with Crippen molar-refractivity contribution in [2.45, 2.75) is 19.8 Å². The van der Waals surface area contributed by atoms with Crippen LogP contribution in [-0.4, -0.2) is 26.8 Å². The van der Waals surface area contributed by atoms with Crippen molar-refractivity contribution in [3.8, 4) is 0 Å². The number of nitrogens with two attached hydrogens (primary N) is 1. The molecule has 1 heterocycles. The zero-order chi connectivity index (χ0) is 12.4. The van der Waals surface area contributed by atoms with Crippen LogP contribution >= 0.6 is 0 Å². The number of benzene rings is 1. The third kappa shape index (κ3) is 2.19. The van der Waals surface area contributed by atoms with Crippen LogP contribution in [0.3, 0.4) is 0 Å². The van der Waals surface area contributed by atoms with E-state index in [1.54, 1.807) is 4.68 Å². The molecule has 1 aromatic carbocycles. The van der Waals surface area contributed by atoms with Gasteiger partial charge in [0, 0.05) is 13.6 Å². The number of hydrogen-bond donors (Lipinski definition) is 1. The normalized spacial score (nSPS) is 12.7. The van der Waals surface area contributed by atoms with Gasteiger partial charge in [-0.1, -0.05) is 23.8 Å². The van der Waals surface area contributed by atoms with Crippen molar-refractivity contribution < 1.29 is 0 Å². The molecule has 0 bridgehead atoms. The third-order valence-corrected chi connectivity index (χ3v) is 3.01. The average Bonchev–Trinajstić information content (AvgIpc) is 2.71. The molecule has 0 amide bonds. The fraction of sp³-hybridized carbons (Fsp3) is 0.417. The molecule has 17 heavy (non-hydrogen) atoms. The highest BCUT2D eigenvalue weighted by atomic mass is 15.5. The van der Waals surface area contributed by atoms with E-state index in [4.69, 9.17) is 5.73 Å². The Labute approximate surface area is 101 Å². The van der Waals surface area contributed by atoms with Crippen molar-refractivity contribution in [1.82, 2.24) is 20.2 Å². The second kappa shape index (κ2) is 4.63. The van der Waals surface area contributed by atoms with E-state index in [2.05, 4.69) is 47.6 Å². The maximum atomic E-state index is 5.87. The van der Waals surface area contributed by atoms with Gasteiger partial charge in [-0.15, -0.1) is 5.10 Å². The van der Waals surface area contributed by atoms with Gasteiger partial charge < -0.3 is 5.73 Å². The molecular weight excluding hydrogens is 214 g/mol. The lowest BCUT2D eigenvalue weighted by Crippen LogP contribution is -2.19. The summed E-state index contributed by atoms with van der Waals surface area (Å²) in [4.78, 5) is 0. The summed E-state index contributed by atoms with van der Waals surface area (Å²) in [5, 5.41) is 11.6. The summed E-state index contributed by atoms with van der Waals surface area (Å²) in [6, 6.07) is 6.36. The summed E-state index contributed by atoms with van der Waals surface area (Å²) in [6.07, 6.45) is 0. The van der Waals surface area contributed by atoms with Crippen LogP contribution in [0.1, 0.15) is 28.4 Å². The standard InChI is InChI=1S/C12H17N5/c1-8-4-5-9(2)10(6-8)11(7-13)12-14-15-16-17(12)3/h4-6,11H,7,13H2,1-3H3. The van der Waals surface area contributed by atoms with Crippen molar-refractivity contribution in [1.29, 1.82) is 0 Å². The van der Waals surface area contributed by atoms with E-state index in [1.807, 2.05) is 7.05 Å². The van der Waals surface area contributed by atoms with E-state index < -0.39 is 0 Å². The van der Waals surface area contributed by atoms with Crippen LogP contribution in [0.15, 0.2) is 18.2 Å². The Balaban J connectivity index is 2.49. The molecule has 1 unspecified atom stereocenters. The predicted molar refractivity (Wildman–Crippen MR) is 65.6 cm³/mol. The largest absolute Gasteiger partial charge is 0.329 e. The molecule has 1 aromatic heterocycles. The zero-order valence-electron chi connectivity index (χ0n) is 10.4. The molecule has 0 saturated carbocycles. The van der Waals surface area contributed by atoms with E-state index in [0.717, 1.165) is 5.82 Å². The van der Waals surface area contributed by atoms with Crippen molar-refractivity contribution in [2.24, 2.45) is 12.8 Å². The van der Waals surface area contributed by atoms with Gasteiger partial charge in [0.25, 0.3) is 0 Å². The van der Waals surface area contributed by atoms with Gasteiger partial charge >= 0.3 is 0 Å². The second-order valence-corrected chi connectivity index (χ2v) is 4.31. The van der Waals surface area contributed by atoms with Crippen molar-refractivity contribution >= 4 is 0 Å². The van der Waals surface area contributed by atoms with Crippen LogP contribution in [0.4, 0.5) is 0 Å². The lowest BCUT2D eigenvalue weighted by atomic mass is 9.92. The Morgan fingerprint density at radius 2 is 2.12 bits per heavy atom. The SMILES string of the molecule is Cc1ccc(C)c(C(CN)c2nnnn2C)c1. The Bertz CT molecular complexity index is 517. The number of rotatable bonds is 3. The number of aryl methyl sites for hydroxylation is 3. The molecule has 2 N–H and O–H groups in total. The fourth-order valence-corrected chi connectivity index (χ4v) is 2.04. The van der Waals surface area contributed by atoms with E-state index >= 15 is 0 Å². The monoisotopic (exact) mass is 231 g/mol. The molecule has 0 aliphatic carbocycles. The lowest BCUT2D eigenvalue weighted by molar-refractivity contribution is 0.639. The second-order valence-electron chi connectivity index (χ2n) is 4.31. The van der Waals surface area contributed by atoms with Gasteiger partial charge in [-0.05, 0) is 35.4 Å². The van der Waals surface area contributed by atoms with Crippen LogP contribution in [0.5, 0.6) is 0 Å². The van der Waals surface area contributed by atoms with Gasteiger partial charge in [0.1, 0.15) is 0 Å². The first-order chi connectivity index (χ1) is 8.13.